The quantitative estimate of drug-likeness (QED) is 0.696. The second-order valence-electron chi connectivity index (χ2n) is 6.76. The van der Waals surface area contributed by atoms with E-state index in [0.29, 0.717) is 28.0 Å². The van der Waals surface area contributed by atoms with Crippen molar-refractivity contribution in [3.8, 4) is 17.2 Å². The lowest BCUT2D eigenvalue weighted by Gasteiger charge is -2.43. The Morgan fingerprint density at radius 1 is 1.04 bits per heavy atom. The highest BCUT2D eigenvalue weighted by Crippen LogP contribution is 2.42. The molecule has 0 unspecified atom stereocenters. The normalized spacial score (nSPS) is 14.7. The van der Waals surface area contributed by atoms with Crippen LogP contribution in [0.5, 0.6) is 17.2 Å². The fourth-order valence-corrected chi connectivity index (χ4v) is 3.60. The molecule has 1 aliphatic rings. The fraction of sp³-hybridized carbons (Fsp3) is 0.381. The molecule has 0 atom stereocenters. The molecule has 0 radical (unpaired) electrons. The van der Waals surface area contributed by atoms with Crippen LogP contribution in [0.2, 0.25) is 5.02 Å². The summed E-state index contributed by atoms with van der Waals surface area (Å²) in [6, 6.07) is 11.2. The summed E-state index contributed by atoms with van der Waals surface area (Å²) in [5.41, 5.74) is 1.57. The van der Waals surface area contributed by atoms with Crippen molar-refractivity contribution < 1.29 is 19.0 Å². The fourth-order valence-electron chi connectivity index (χ4n) is 3.47. The Bertz CT molecular complexity index is 810. The second-order valence-corrected chi connectivity index (χ2v) is 7.19. The van der Waals surface area contributed by atoms with Gasteiger partial charge in [-0.15, -0.1) is 0 Å². The largest absolute Gasteiger partial charge is 0.493 e. The van der Waals surface area contributed by atoms with Gasteiger partial charge in [0.1, 0.15) is 0 Å². The number of carbonyl (C=O) groups is 1. The van der Waals surface area contributed by atoms with E-state index in [1.54, 1.807) is 12.1 Å². The van der Waals surface area contributed by atoms with Gasteiger partial charge in [-0.05, 0) is 37.0 Å². The molecule has 1 fully saturated rings. The minimum Gasteiger partial charge on any atom is -0.493 e. The van der Waals surface area contributed by atoms with Crippen molar-refractivity contribution in [1.82, 2.24) is 5.32 Å². The predicted molar refractivity (Wildman–Crippen MR) is 110 cm³/mol. The van der Waals surface area contributed by atoms with Crippen molar-refractivity contribution in [2.75, 3.05) is 33.2 Å². The van der Waals surface area contributed by atoms with E-state index >= 15 is 0 Å². The van der Waals surface area contributed by atoms with Crippen LogP contribution in [0.3, 0.4) is 0 Å². The first kappa shape index (κ1) is 20.3. The van der Waals surface area contributed by atoms with Crippen LogP contribution in [-0.4, -0.2) is 33.8 Å². The smallest absolute Gasteiger partial charge is 0.238 e. The van der Waals surface area contributed by atoms with Crippen molar-refractivity contribution in [3.63, 3.8) is 0 Å². The summed E-state index contributed by atoms with van der Waals surface area (Å²) in [5.74, 6) is 1.32. The first-order valence-corrected chi connectivity index (χ1v) is 9.50. The van der Waals surface area contributed by atoms with Crippen LogP contribution in [0.4, 0.5) is 5.69 Å². The number of halogens is 1. The van der Waals surface area contributed by atoms with Gasteiger partial charge in [0.25, 0.3) is 0 Å². The van der Waals surface area contributed by atoms with E-state index in [9.17, 15) is 4.79 Å². The predicted octanol–water partition coefficient (Wildman–Crippen LogP) is 3.97. The molecule has 2 aromatic carbocycles. The number of benzene rings is 2. The zero-order valence-electron chi connectivity index (χ0n) is 16.3. The van der Waals surface area contributed by atoms with Gasteiger partial charge in [0, 0.05) is 28.4 Å². The molecule has 150 valence electrons. The number of methoxy groups -OCH3 is 3. The highest BCUT2D eigenvalue weighted by atomic mass is 35.5. The lowest BCUT2D eigenvalue weighted by molar-refractivity contribution is -0.116. The number of amides is 1. The minimum absolute atomic E-state index is 0.144. The summed E-state index contributed by atoms with van der Waals surface area (Å²) in [7, 11) is 4.62. The molecule has 0 bridgehead atoms. The monoisotopic (exact) mass is 404 g/mol. The van der Waals surface area contributed by atoms with Crippen LogP contribution < -0.4 is 24.8 Å². The maximum Gasteiger partial charge on any atom is 0.238 e. The van der Waals surface area contributed by atoms with Gasteiger partial charge in [0.15, 0.2) is 11.5 Å². The third-order valence-corrected chi connectivity index (χ3v) is 5.39. The molecule has 0 aromatic heterocycles. The van der Waals surface area contributed by atoms with Crippen LogP contribution >= 0.6 is 11.6 Å². The summed E-state index contributed by atoms with van der Waals surface area (Å²) in [5, 5.41) is 7.02. The van der Waals surface area contributed by atoms with E-state index in [1.165, 1.54) is 21.3 Å². The summed E-state index contributed by atoms with van der Waals surface area (Å²) < 4.78 is 16.0. The molecular weight excluding hydrogens is 380 g/mol. The maximum atomic E-state index is 12.5. The molecule has 6 nitrogen and oxygen atoms in total. The molecule has 1 amide bonds. The first-order chi connectivity index (χ1) is 13.5. The topological polar surface area (TPSA) is 68.8 Å². The number of anilines is 1. The van der Waals surface area contributed by atoms with Crippen LogP contribution in [0.1, 0.15) is 24.8 Å². The van der Waals surface area contributed by atoms with Crippen molar-refractivity contribution in [2.24, 2.45) is 0 Å². The molecule has 2 aromatic rings. The Balaban J connectivity index is 1.68. The van der Waals surface area contributed by atoms with Crippen LogP contribution in [-0.2, 0) is 10.3 Å². The van der Waals surface area contributed by atoms with Gasteiger partial charge in [-0.2, -0.15) is 0 Å². The summed E-state index contributed by atoms with van der Waals surface area (Å²) in [6.07, 6.45) is 3.11. The number of hydrogen-bond acceptors (Lipinski definition) is 5. The number of hydrogen-bond donors (Lipinski definition) is 2. The van der Waals surface area contributed by atoms with Gasteiger partial charge >= 0.3 is 0 Å². The second kappa shape index (κ2) is 8.71. The number of carbonyl (C=O) groups excluding carboxylic acids is 1. The van der Waals surface area contributed by atoms with Crippen molar-refractivity contribution in [3.05, 3.63) is 47.0 Å². The SMILES string of the molecule is COc1cc(NC(=O)CNC2(c3ccc(Cl)cc3)CCC2)cc(OC)c1OC. The Morgan fingerprint density at radius 2 is 1.64 bits per heavy atom. The lowest BCUT2D eigenvalue weighted by Crippen LogP contribution is -2.50. The van der Waals surface area contributed by atoms with Crippen molar-refractivity contribution in [1.29, 1.82) is 0 Å². The zero-order chi connectivity index (χ0) is 20.1. The molecule has 0 saturated heterocycles. The Kier molecular flexibility index (Phi) is 6.31. The molecule has 3 rings (SSSR count). The summed E-state index contributed by atoms with van der Waals surface area (Å²) in [6.45, 7) is 0.194. The standard InChI is InChI=1S/C21H25ClN2O4/c1-26-17-11-16(12-18(27-2)20(17)28-3)24-19(25)13-23-21(9-4-10-21)14-5-7-15(22)8-6-14/h5-8,11-12,23H,4,9-10,13H2,1-3H3,(H,24,25). The minimum atomic E-state index is -0.169. The molecular formula is C21H25ClN2O4. The Hall–Kier alpha value is -2.44. The number of ether oxygens (including phenoxy) is 3. The summed E-state index contributed by atoms with van der Waals surface area (Å²) in [4.78, 5) is 12.5. The molecule has 1 saturated carbocycles. The number of nitrogens with one attached hydrogen (secondary N) is 2. The Morgan fingerprint density at radius 3 is 2.11 bits per heavy atom. The maximum absolute atomic E-state index is 12.5. The van der Waals surface area contributed by atoms with Crippen LogP contribution in [0.25, 0.3) is 0 Å². The Labute approximate surface area is 170 Å². The first-order valence-electron chi connectivity index (χ1n) is 9.12. The van der Waals surface area contributed by atoms with Crippen LogP contribution in [0, 0.1) is 0 Å². The van der Waals surface area contributed by atoms with E-state index in [2.05, 4.69) is 10.6 Å². The van der Waals surface area contributed by atoms with E-state index in [0.717, 1.165) is 24.8 Å². The molecule has 1 aliphatic carbocycles. The highest BCUT2D eigenvalue weighted by Gasteiger charge is 2.38. The lowest BCUT2D eigenvalue weighted by atomic mass is 9.72. The van der Waals surface area contributed by atoms with Crippen molar-refractivity contribution in [2.45, 2.75) is 24.8 Å². The van der Waals surface area contributed by atoms with Gasteiger partial charge in [-0.1, -0.05) is 23.7 Å². The van der Waals surface area contributed by atoms with Crippen LogP contribution in [0.15, 0.2) is 36.4 Å². The van der Waals surface area contributed by atoms with Gasteiger partial charge in [-0.25, -0.2) is 0 Å². The van der Waals surface area contributed by atoms with E-state index in [-0.39, 0.29) is 18.0 Å². The van der Waals surface area contributed by atoms with Gasteiger partial charge < -0.3 is 19.5 Å². The number of rotatable bonds is 8. The van der Waals surface area contributed by atoms with E-state index in [1.807, 2.05) is 24.3 Å². The molecule has 0 aliphatic heterocycles. The molecule has 2 N–H and O–H groups in total. The average Bonchev–Trinajstić information content (AvgIpc) is 2.67. The van der Waals surface area contributed by atoms with Gasteiger partial charge in [-0.3, -0.25) is 10.1 Å². The highest BCUT2D eigenvalue weighted by molar-refractivity contribution is 6.30. The molecule has 0 spiro atoms. The third-order valence-electron chi connectivity index (χ3n) is 5.14. The average molecular weight is 405 g/mol. The zero-order valence-corrected chi connectivity index (χ0v) is 17.1. The summed E-state index contributed by atoms with van der Waals surface area (Å²) >= 11 is 6.00. The third kappa shape index (κ3) is 4.18. The van der Waals surface area contributed by atoms with Gasteiger partial charge in [0.05, 0.1) is 27.9 Å². The molecule has 28 heavy (non-hydrogen) atoms. The van der Waals surface area contributed by atoms with E-state index < -0.39 is 0 Å². The van der Waals surface area contributed by atoms with E-state index in [4.69, 9.17) is 25.8 Å². The van der Waals surface area contributed by atoms with Gasteiger partial charge in [0.2, 0.25) is 11.7 Å². The van der Waals surface area contributed by atoms with Crippen molar-refractivity contribution >= 4 is 23.2 Å². The molecule has 7 heteroatoms. The molecule has 0 heterocycles.